The Balaban J connectivity index is 2.12. The maximum absolute atomic E-state index is 11.6. The molecule has 4 nitrogen and oxygen atoms in total. The number of cyclic esters (lactones) is 1. The molecule has 1 aromatic carbocycles. The summed E-state index contributed by atoms with van der Waals surface area (Å²) in [6, 6.07) is 7.55. The third-order valence-electron chi connectivity index (χ3n) is 2.61. The van der Waals surface area contributed by atoms with Gasteiger partial charge in [-0.2, -0.15) is 0 Å². The monoisotopic (exact) mass is 220 g/mol. The molecule has 0 radical (unpaired) electrons. The van der Waals surface area contributed by atoms with Crippen molar-refractivity contribution in [2.24, 2.45) is 0 Å². The highest BCUT2D eigenvalue weighted by Crippen LogP contribution is 2.24. The van der Waals surface area contributed by atoms with Crippen molar-refractivity contribution in [3.05, 3.63) is 29.8 Å². The van der Waals surface area contributed by atoms with Crippen LogP contribution in [0, 0.1) is 0 Å². The fourth-order valence-corrected chi connectivity index (χ4v) is 1.86. The lowest BCUT2D eigenvalue weighted by atomic mass is 10.1. The van der Waals surface area contributed by atoms with Gasteiger partial charge in [0.1, 0.15) is 5.60 Å². The van der Waals surface area contributed by atoms with Crippen LogP contribution in [0.5, 0.6) is 0 Å². The molecule has 4 heteroatoms. The summed E-state index contributed by atoms with van der Waals surface area (Å²) in [6.07, 6.45) is -0.270. The van der Waals surface area contributed by atoms with Crippen molar-refractivity contribution in [3.63, 3.8) is 0 Å². The van der Waals surface area contributed by atoms with Crippen LogP contribution in [0.2, 0.25) is 0 Å². The molecule has 0 bridgehead atoms. The van der Waals surface area contributed by atoms with E-state index in [1.54, 1.807) is 4.90 Å². The van der Waals surface area contributed by atoms with E-state index in [0.29, 0.717) is 18.8 Å². The molecule has 16 heavy (non-hydrogen) atoms. The van der Waals surface area contributed by atoms with E-state index in [2.05, 4.69) is 0 Å². The maximum Gasteiger partial charge on any atom is 0.410 e. The summed E-state index contributed by atoms with van der Waals surface area (Å²) in [6.45, 7) is 4.91. The smallest absolute Gasteiger partial charge is 0.410 e. The van der Waals surface area contributed by atoms with Crippen LogP contribution < -0.4 is 5.73 Å². The van der Waals surface area contributed by atoms with Crippen molar-refractivity contribution >= 4 is 11.8 Å². The number of nitrogens with zero attached hydrogens (tertiary/aromatic N) is 1. The minimum Gasteiger partial charge on any atom is -0.441 e. The quantitative estimate of drug-likeness (QED) is 0.775. The van der Waals surface area contributed by atoms with E-state index >= 15 is 0 Å². The molecular formula is C12H16N2O2. The number of carbonyl (C=O) groups excluding carboxylic acids is 1. The molecule has 86 valence electrons. The summed E-state index contributed by atoms with van der Waals surface area (Å²) in [4.78, 5) is 13.2. The Hall–Kier alpha value is -1.71. The molecule has 1 aliphatic rings. The number of amides is 1. The Morgan fingerprint density at radius 2 is 2.12 bits per heavy atom. The molecule has 1 saturated heterocycles. The predicted octanol–water partition coefficient (Wildman–Crippen LogP) is 2.00. The molecule has 0 atom stereocenters. The highest BCUT2D eigenvalue weighted by Gasteiger charge is 2.37. The average molecular weight is 220 g/mol. The summed E-state index contributed by atoms with van der Waals surface area (Å²) in [5.41, 5.74) is 7.09. The van der Waals surface area contributed by atoms with Crippen LogP contribution in [-0.2, 0) is 11.3 Å². The van der Waals surface area contributed by atoms with Gasteiger partial charge in [-0.25, -0.2) is 4.79 Å². The molecule has 1 amide bonds. The summed E-state index contributed by atoms with van der Waals surface area (Å²) in [5.74, 6) is 0. The van der Waals surface area contributed by atoms with E-state index < -0.39 is 5.60 Å². The van der Waals surface area contributed by atoms with Gasteiger partial charge in [-0.05, 0) is 25.5 Å². The lowest BCUT2D eigenvalue weighted by Gasteiger charge is -2.16. The van der Waals surface area contributed by atoms with Crippen LogP contribution in [0.15, 0.2) is 24.3 Å². The van der Waals surface area contributed by atoms with Crippen LogP contribution in [0.25, 0.3) is 0 Å². The average Bonchev–Trinajstić information content (AvgIpc) is 2.44. The Morgan fingerprint density at radius 1 is 1.44 bits per heavy atom. The van der Waals surface area contributed by atoms with Gasteiger partial charge >= 0.3 is 6.09 Å². The van der Waals surface area contributed by atoms with Gasteiger partial charge in [-0.3, -0.25) is 4.90 Å². The standard InChI is InChI=1S/C12H16N2O2/c1-12(2)8-14(11(15)16-12)7-9-5-3-4-6-10(9)13/h3-6H,7-8,13H2,1-2H3. The zero-order chi connectivity index (χ0) is 11.8. The first-order chi connectivity index (χ1) is 7.48. The summed E-state index contributed by atoms with van der Waals surface area (Å²) in [5, 5.41) is 0. The van der Waals surface area contributed by atoms with Crippen LogP contribution >= 0.6 is 0 Å². The Labute approximate surface area is 95.0 Å². The molecule has 0 saturated carbocycles. The Morgan fingerprint density at radius 3 is 2.69 bits per heavy atom. The molecule has 0 spiro atoms. The van der Waals surface area contributed by atoms with Gasteiger partial charge in [0.15, 0.2) is 0 Å². The second-order valence-corrected chi connectivity index (χ2v) is 4.68. The minimum atomic E-state index is -0.402. The van der Waals surface area contributed by atoms with E-state index in [-0.39, 0.29) is 6.09 Å². The van der Waals surface area contributed by atoms with Gasteiger partial charge in [0.2, 0.25) is 0 Å². The number of nitrogens with two attached hydrogens (primary N) is 1. The van der Waals surface area contributed by atoms with Gasteiger partial charge in [0.05, 0.1) is 13.1 Å². The van der Waals surface area contributed by atoms with Crippen LogP contribution in [0.3, 0.4) is 0 Å². The second-order valence-electron chi connectivity index (χ2n) is 4.68. The van der Waals surface area contributed by atoms with E-state index in [9.17, 15) is 4.79 Å². The van der Waals surface area contributed by atoms with E-state index in [1.807, 2.05) is 38.1 Å². The number of hydrogen-bond donors (Lipinski definition) is 1. The largest absolute Gasteiger partial charge is 0.441 e. The zero-order valence-corrected chi connectivity index (χ0v) is 9.56. The zero-order valence-electron chi connectivity index (χ0n) is 9.56. The van der Waals surface area contributed by atoms with Gasteiger partial charge < -0.3 is 10.5 Å². The first-order valence-corrected chi connectivity index (χ1v) is 5.29. The number of anilines is 1. The molecule has 0 aromatic heterocycles. The fraction of sp³-hybridized carbons (Fsp3) is 0.417. The first-order valence-electron chi connectivity index (χ1n) is 5.29. The fourth-order valence-electron chi connectivity index (χ4n) is 1.86. The third-order valence-corrected chi connectivity index (χ3v) is 2.61. The number of hydrogen-bond acceptors (Lipinski definition) is 3. The minimum absolute atomic E-state index is 0.270. The van der Waals surface area contributed by atoms with Gasteiger partial charge in [-0.15, -0.1) is 0 Å². The summed E-state index contributed by atoms with van der Waals surface area (Å²) < 4.78 is 5.22. The third kappa shape index (κ3) is 2.10. The molecule has 1 aliphatic heterocycles. The second kappa shape index (κ2) is 3.70. The molecule has 2 N–H and O–H groups in total. The molecule has 2 rings (SSSR count). The number of carbonyl (C=O) groups is 1. The van der Waals surface area contributed by atoms with Crippen molar-refractivity contribution in [2.45, 2.75) is 26.0 Å². The van der Waals surface area contributed by atoms with Crippen molar-refractivity contribution in [3.8, 4) is 0 Å². The Bertz CT molecular complexity index is 415. The normalized spacial score (nSPS) is 18.6. The van der Waals surface area contributed by atoms with Gasteiger partial charge in [-0.1, -0.05) is 18.2 Å². The molecule has 1 aromatic rings. The number of nitrogen functional groups attached to an aromatic ring is 1. The number of ether oxygens (including phenoxy) is 1. The highest BCUT2D eigenvalue weighted by molar-refractivity contribution is 5.71. The molecule has 0 aliphatic carbocycles. The van der Waals surface area contributed by atoms with Crippen LogP contribution in [0.1, 0.15) is 19.4 Å². The molecule has 1 heterocycles. The molecule has 0 unspecified atom stereocenters. The predicted molar refractivity (Wildman–Crippen MR) is 61.8 cm³/mol. The van der Waals surface area contributed by atoms with E-state index in [4.69, 9.17) is 10.5 Å². The summed E-state index contributed by atoms with van der Waals surface area (Å²) >= 11 is 0. The summed E-state index contributed by atoms with van der Waals surface area (Å²) in [7, 11) is 0. The van der Waals surface area contributed by atoms with Crippen molar-refractivity contribution in [1.29, 1.82) is 0 Å². The SMILES string of the molecule is CC1(C)CN(Cc2ccccc2N)C(=O)O1. The topological polar surface area (TPSA) is 55.6 Å². The van der Waals surface area contributed by atoms with E-state index in [1.165, 1.54) is 0 Å². The molecule has 1 fully saturated rings. The van der Waals surface area contributed by atoms with Crippen molar-refractivity contribution in [2.75, 3.05) is 12.3 Å². The van der Waals surface area contributed by atoms with Crippen molar-refractivity contribution in [1.82, 2.24) is 4.90 Å². The van der Waals surface area contributed by atoms with Crippen LogP contribution in [-0.4, -0.2) is 23.1 Å². The van der Waals surface area contributed by atoms with E-state index in [0.717, 1.165) is 5.56 Å². The Kier molecular flexibility index (Phi) is 2.50. The number of benzene rings is 1. The lowest BCUT2D eigenvalue weighted by molar-refractivity contribution is 0.0858. The van der Waals surface area contributed by atoms with Crippen molar-refractivity contribution < 1.29 is 9.53 Å². The molecular weight excluding hydrogens is 204 g/mol. The van der Waals surface area contributed by atoms with Gasteiger partial charge in [0, 0.05) is 5.69 Å². The van der Waals surface area contributed by atoms with Gasteiger partial charge in [0.25, 0.3) is 0 Å². The number of rotatable bonds is 2. The highest BCUT2D eigenvalue weighted by atomic mass is 16.6. The number of para-hydroxylation sites is 1. The lowest BCUT2D eigenvalue weighted by Crippen LogP contribution is -2.28. The first kappa shape index (κ1) is 10.8. The maximum atomic E-state index is 11.6. The van der Waals surface area contributed by atoms with Crippen LogP contribution in [0.4, 0.5) is 10.5 Å².